The third kappa shape index (κ3) is 11.1. The van der Waals surface area contributed by atoms with Gasteiger partial charge in [-0.25, -0.2) is 4.79 Å². The SMILES string of the molecule is CCC(C)C(NC(=O)C(CO)NC(=O)C(N)CCSC)C(=O)NC(CCSC)C(=O)O. The minimum Gasteiger partial charge on any atom is -0.480 e. The number of carboxylic acid groups (broad SMARTS) is 1. The number of aliphatic hydroxyl groups excluding tert-OH is 1. The van der Waals surface area contributed by atoms with Gasteiger partial charge in [-0.2, -0.15) is 23.5 Å². The zero-order chi connectivity index (χ0) is 24.0. The molecule has 0 bridgehead atoms. The molecular formula is C19H36N4O6S2. The number of carboxylic acids is 1. The van der Waals surface area contributed by atoms with Crippen molar-refractivity contribution in [2.24, 2.45) is 11.7 Å². The fourth-order valence-electron chi connectivity index (χ4n) is 2.56. The number of carbonyl (C=O) groups is 4. The van der Waals surface area contributed by atoms with Crippen LogP contribution in [0.3, 0.4) is 0 Å². The maximum Gasteiger partial charge on any atom is 0.326 e. The van der Waals surface area contributed by atoms with Gasteiger partial charge in [0.2, 0.25) is 17.7 Å². The van der Waals surface area contributed by atoms with E-state index in [1.807, 2.05) is 19.4 Å². The summed E-state index contributed by atoms with van der Waals surface area (Å²) in [6, 6.07) is -4.20. The number of aliphatic hydroxyl groups is 1. The summed E-state index contributed by atoms with van der Waals surface area (Å²) in [4.78, 5) is 49.0. The highest BCUT2D eigenvalue weighted by atomic mass is 32.2. The number of rotatable bonds is 16. The van der Waals surface area contributed by atoms with E-state index in [9.17, 15) is 29.4 Å². The van der Waals surface area contributed by atoms with Gasteiger partial charge >= 0.3 is 5.97 Å². The Balaban J connectivity index is 5.22. The van der Waals surface area contributed by atoms with Gasteiger partial charge in [0, 0.05) is 0 Å². The summed E-state index contributed by atoms with van der Waals surface area (Å²) in [6.45, 7) is 2.90. The number of thioether (sulfide) groups is 2. The van der Waals surface area contributed by atoms with Crippen molar-refractivity contribution in [1.29, 1.82) is 0 Å². The highest BCUT2D eigenvalue weighted by Crippen LogP contribution is 2.10. The van der Waals surface area contributed by atoms with Crippen molar-refractivity contribution < 1.29 is 29.4 Å². The van der Waals surface area contributed by atoms with E-state index in [1.165, 1.54) is 23.5 Å². The first-order chi connectivity index (χ1) is 14.6. The zero-order valence-electron chi connectivity index (χ0n) is 18.6. The first-order valence-corrected chi connectivity index (χ1v) is 12.9. The van der Waals surface area contributed by atoms with Crippen molar-refractivity contribution in [3.8, 4) is 0 Å². The predicted octanol–water partition coefficient (Wildman–Crippen LogP) is -0.603. The molecule has 0 aliphatic rings. The lowest BCUT2D eigenvalue weighted by molar-refractivity contribution is -0.142. The average molecular weight is 481 g/mol. The van der Waals surface area contributed by atoms with Gasteiger partial charge in [0.15, 0.2) is 0 Å². The molecule has 12 heteroatoms. The summed E-state index contributed by atoms with van der Waals surface area (Å²) in [6.07, 6.45) is 4.91. The van der Waals surface area contributed by atoms with Gasteiger partial charge in [0.1, 0.15) is 18.1 Å². The molecule has 0 radical (unpaired) electrons. The van der Waals surface area contributed by atoms with E-state index < -0.39 is 54.5 Å². The summed E-state index contributed by atoms with van der Waals surface area (Å²) < 4.78 is 0. The number of hydrogen-bond acceptors (Lipinski definition) is 8. The average Bonchev–Trinajstić information content (AvgIpc) is 2.75. The standard InChI is InChI=1S/C19H36N4O6S2/c1-5-11(2)15(18(27)21-13(19(28)29)7-9-31-4)23-17(26)14(10-24)22-16(25)12(20)6-8-30-3/h11-15,24H,5-10,20H2,1-4H3,(H,21,27)(H,22,25)(H,23,26)(H,28,29). The molecule has 0 spiro atoms. The number of carbonyl (C=O) groups excluding carboxylic acids is 3. The lowest BCUT2D eigenvalue weighted by Crippen LogP contribution is -2.59. The van der Waals surface area contributed by atoms with Crippen LogP contribution in [0.25, 0.3) is 0 Å². The molecule has 3 amide bonds. The molecule has 0 heterocycles. The Morgan fingerprint density at radius 3 is 1.94 bits per heavy atom. The monoisotopic (exact) mass is 480 g/mol. The van der Waals surface area contributed by atoms with Gasteiger partial charge in [-0.15, -0.1) is 0 Å². The van der Waals surface area contributed by atoms with Gasteiger partial charge in [-0.3, -0.25) is 14.4 Å². The minimum absolute atomic E-state index is 0.243. The van der Waals surface area contributed by atoms with Crippen molar-refractivity contribution in [3.63, 3.8) is 0 Å². The fraction of sp³-hybridized carbons (Fsp3) is 0.789. The normalized spacial score (nSPS) is 15.8. The molecule has 31 heavy (non-hydrogen) atoms. The molecule has 5 unspecified atom stereocenters. The summed E-state index contributed by atoms with van der Waals surface area (Å²) in [5.74, 6) is -2.19. The highest BCUT2D eigenvalue weighted by molar-refractivity contribution is 7.98. The van der Waals surface area contributed by atoms with E-state index in [1.54, 1.807) is 6.92 Å². The van der Waals surface area contributed by atoms with Crippen LogP contribution in [0.15, 0.2) is 0 Å². The fourth-order valence-corrected chi connectivity index (χ4v) is 3.52. The molecule has 0 fully saturated rings. The van der Waals surface area contributed by atoms with Crippen LogP contribution in [0.4, 0.5) is 0 Å². The molecule has 10 nitrogen and oxygen atoms in total. The smallest absolute Gasteiger partial charge is 0.326 e. The molecule has 0 saturated heterocycles. The second-order valence-corrected chi connectivity index (χ2v) is 9.16. The highest BCUT2D eigenvalue weighted by Gasteiger charge is 2.32. The molecule has 0 aromatic carbocycles. The van der Waals surface area contributed by atoms with Gasteiger partial charge in [-0.1, -0.05) is 20.3 Å². The number of amides is 3. The van der Waals surface area contributed by atoms with Crippen molar-refractivity contribution in [3.05, 3.63) is 0 Å². The molecule has 0 aromatic rings. The van der Waals surface area contributed by atoms with Crippen LogP contribution < -0.4 is 21.7 Å². The molecule has 0 saturated carbocycles. The Morgan fingerprint density at radius 1 is 0.903 bits per heavy atom. The Morgan fingerprint density at radius 2 is 1.45 bits per heavy atom. The van der Waals surface area contributed by atoms with Gasteiger partial charge in [0.25, 0.3) is 0 Å². The Bertz CT molecular complexity index is 596. The lowest BCUT2D eigenvalue weighted by atomic mass is 9.97. The van der Waals surface area contributed by atoms with Crippen LogP contribution >= 0.6 is 23.5 Å². The topological polar surface area (TPSA) is 171 Å². The van der Waals surface area contributed by atoms with Crippen molar-refractivity contribution in [2.45, 2.75) is 57.3 Å². The number of hydrogen-bond donors (Lipinski definition) is 6. The summed E-state index contributed by atoms with van der Waals surface area (Å²) in [5.41, 5.74) is 5.79. The van der Waals surface area contributed by atoms with E-state index in [4.69, 9.17) is 5.73 Å². The van der Waals surface area contributed by atoms with E-state index in [0.29, 0.717) is 24.3 Å². The second kappa shape index (κ2) is 16.2. The molecule has 0 aliphatic carbocycles. The molecule has 0 rings (SSSR count). The van der Waals surface area contributed by atoms with E-state index >= 15 is 0 Å². The van der Waals surface area contributed by atoms with Gasteiger partial charge < -0.3 is 31.9 Å². The zero-order valence-corrected chi connectivity index (χ0v) is 20.2. The van der Waals surface area contributed by atoms with Crippen LogP contribution in [-0.2, 0) is 19.2 Å². The van der Waals surface area contributed by atoms with Crippen LogP contribution in [0.2, 0.25) is 0 Å². The molecule has 5 atom stereocenters. The Hall–Kier alpha value is -1.50. The molecule has 0 aliphatic heterocycles. The maximum absolute atomic E-state index is 12.7. The van der Waals surface area contributed by atoms with Crippen molar-refractivity contribution >= 4 is 47.2 Å². The first-order valence-electron chi connectivity index (χ1n) is 10.1. The summed E-state index contributed by atoms with van der Waals surface area (Å²) >= 11 is 2.99. The van der Waals surface area contributed by atoms with Crippen LogP contribution in [0, 0.1) is 5.92 Å². The van der Waals surface area contributed by atoms with Crippen molar-refractivity contribution in [1.82, 2.24) is 16.0 Å². The first kappa shape index (κ1) is 29.5. The lowest BCUT2D eigenvalue weighted by Gasteiger charge is -2.27. The Kier molecular flexibility index (Phi) is 15.4. The molecule has 180 valence electrons. The van der Waals surface area contributed by atoms with E-state index in [2.05, 4.69) is 16.0 Å². The van der Waals surface area contributed by atoms with Gasteiger partial charge in [-0.05, 0) is 42.8 Å². The minimum atomic E-state index is -1.28. The molecular weight excluding hydrogens is 444 g/mol. The van der Waals surface area contributed by atoms with Gasteiger partial charge in [0.05, 0.1) is 12.6 Å². The Labute approximate surface area is 192 Å². The van der Waals surface area contributed by atoms with Crippen LogP contribution in [-0.4, -0.2) is 88.7 Å². The number of aliphatic carboxylic acids is 1. The van der Waals surface area contributed by atoms with Crippen molar-refractivity contribution in [2.75, 3.05) is 30.6 Å². The molecule has 0 aromatic heterocycles. The van der Waals surface area contributed by atoms with E-state index in [0.717, 1.165) is 0 Å². The van der Waals surface area contributed by atoms with E-state index in [-0.39, 0.29) is 12.3 Å². The molecule has 7 N–H and O–H groups in total. The second-order valence-electron chi connectivity index (χ2n) is 7.18. The number of nitrogens with two attached hydrogens (primary N) is 1. The third-order valence-corrected chi connectivity index (χ3v) is 6.09. The maximum atomic E-state index is 12.7. The largest absolute Gasteiger partial charge is 0.480 e. The summed E-state index contributed by atoms with van der Waals surface area (Å²) in [5, 5.41) is 26.3. The summed E-state index contributed by atoms with van der Waals surface area (Å²) in [7, 11) is 0. The number of nitrogens with one attached hydrogen (secondary N) is 3. The van der Waals surface area contributed by atoms with Crippen LogP contribution in [0.1, 0.15) is 33.1 Å². The predicted molar refractivity (Wildman–Crippen MR) is 124 cm³/mol. The van der Waals surface area contributed by atoms with Crippen LogP contribution in [0.5, 0.6) is 0 Å². The third-order valence-electron chi connectivity index (χ3n) is 4.80. The quantitative estimate of drug-likeness (QED) is 0.169.